The second-order valence-corrected chi connectivity index (χ2v) is 7.05. The fraction of sp³-hybridized carbons (Fsp3) is 0.500. The molecule has 0 saturated heterocycles. The Morgan fingerprint density at radius 3 is 2.12 bits per heavy atom. The lowest BCUT2D eigenvalue weighted by Crippen LogP contribution is -2.26. The van der Waals surface area contributed by atoms with Gasteiger partial charge in [-0.2, -0.15) is 0 Å². The van der Waals surface area contributed by atoms with Crippen LogP contribution in [0.3, 0.4) is 0 Å². The summed E-state index contributed by atoms with van der Waals surface area (Å²) in [6.07, 6.45) is 0. The van der Waals surface area contributed by atoms with Crippen LogP contribution in [-0.4, -0.2) is 14.2 Å². The molecule has 0 aliphatic rings. The first kappa shape index (κ1) is 14.0. The Morgan fingerprint density at radius 1 is 1.18 bits per heavy atom. The van der Waals surface area contributed by atoms with Gasteiger partial charge in [-0.25, -0.2) is 8.42 Å². The van der Waals surface area contributed by atoms with Crippen molar-refractivity contribution in [2.45, 2.75) is 27.3 Å². The van der Waals surface area contributed by atoms with Crippen LogP contribution in [0.25, 0.3) is 0 Å². The largest absolute Gasteiger partial charge is 0.326 e. The third-order valence-corrected chi connectivity index (χ3v) is 3.88. The third-order valence-electron chi connectivity index (χ3n) is 2.09. The summed E-state index contributed by atoms with van der Waals surface area (Å²) < 4.78 is 26.2. The molecule has 0 spiro atoms. The molecule has 1 rings (SSSR count). The highest BCUT2D eigenvalue weighted by molar-refractivity contribution is 7.92. The SMILES string of the molecule is CC(C)(C)CS(=O)(=O)Nc1ccc(CN)cc1. The highest BCUT2D eigenvalue weighted by Gasteiger charge is 2.21. The van der Waals surface area contributed by atoms with Gasteiger partial charge in [0.15, 0.2) is 0 Å². The Labute approximate surface area is 103 Å². The van der Waals surface area contributed by atoms with E-state index in [1.165, 1.54) is 0 Å². The van der Waals surface area contributed by atoms with Gasteiger partial charge in [-0.05, 0) is 23.1 Å². The van der Waals surface area contributed by atoms with E-state index >= 15 is 0 Å². The quantitative estimate of drug-likeness (QED) is 0.864. The number of benzene rings is 1. The summed E-state index contributed by atoms with van der Waals surface area (Å²) in [7, 11) is -3.29. The van der Waals surface area contributed by atoms with Crippen molar-refractivity contribution in [3.05, 3.63) is 29.8 Å². The van der Waals surface area contributed by atoms with Crippen molar-refractivity contribution >= 4 is 15.7 Å². The molecular weight excluding hydrogens is 236 g/mol. The van der Waals surface area contributed by atoms with E-state index in [4.69, 9.17) is 5.73 Å². The second-order valence-electron chi connectivity index (χ2n) is 5.32. The zero-order valence-corrected chi connectivity index (χ0v) is 11.3. The molecule has 0 bridgehead atoms. The van der Waals surface area contributed by atoms with Crippen molar-refractivity contribution in [1.82, 2.24) is 0 Å². The predicted octanol–water partition coefficient (Wildman–Crippen LogP) is 1.93. The normalized spacial score (nSPS) is 12.5. The summed E-state index contributed by atoms with van der Waals surface area (Å²) in [6, 6.07) is 7.08. The van der Waals surface area contributed by atoms with Crippen LogP contribution in [-0.2, 0) is 16.6 Å². The van der Waals surface area contributed by atoms with Gasteiger partial charge in [0.05, 0.1) is 5.75 Å². The molecule has 3 N–H and O–H groups in total. The van der Waals surface area contributed by atoms with E-state index in [1.54, 1.807) is 12.1 Å². The summed E-state index contributed by atoms with van der Waals surface area (Å²) in [6.45, 7) is 6.13. The molecule has 0 fully saturated rings. The van der Waals surface area contributed by atoms with Crippen molar-refractivity contribution in [2.75, 3.05) is 10.5 Å². The maximum absolute atomic E-state index is 11.8. The first-order valence-electron chi connectivity index (χ1n) is 5.51. The molecule has 0 atom stereocenters. The van der Waals surface area contributed by atoms with E-state index in [0.717, 1.165) is 5.56 Å². The summed E-state index contributed by atoms with van der Waals surface area (Å²) in [5, 5.41) is 0. The topological polar surface area (TPSA) is 72.2 Å². The van der Waals surface area contributed by atoms with Crippen molar-refractivity contribution in [3.8, 4) is 0 Å². The van der Waals surface area contributed by atoms with Gasteiger partial charge in [-0.3, -0.25) is 4.72 Å². The smallest absolute Gasteiger partial charge is 0.233 e. The molecular formula is C12H20N2O2S. The molecule has 1 aromatic carbocycles. The fourth-order valence-corrected chi connectivity index (χ4v) is 3.20. The van der Waals surface area contributed by atoms with E-state index in [9.17, 15) is 8.42 Å². The van der Waals surface area contributed by atoms with E-state index in [0.29, 0.717) is 12.2 Å². The van der Waals surface area contributed by atoms with Crippen molar-refractivity contribution in [1.29, 1.82) is 0 Å². The number of hydrogen-bond donors (Lipinski definition) is 2. The third kappa shape index (κ3) is 5.19. The minimum absolute atomic E-state index is 0.0959. The number of sulfonamides is 1. The number of nitrogens with one attached hydrogen (secondary N) is 1. The van der Waals surface area contributed by atoms with Crippen LogP contribution >= 0.6 is 0 Å². The molecule has 4 nitrogen and oxygen atoms in total. The zero-order chi connectivity index (χ0) is 13.1. The van der Waals surface area contributed by atoms with E-state index in [1.807, 2.05) is 32.9 Å². The molecule has 17 heavy (non-hydrogen) atoms. The van der Waals surface area contributed by atoms with Gasteiger partial charge < -0.3 is 5.73 Å². The summed E-state index contributed by atoms with van der Waals surface area (Å²) >= 11 is 0. The predicted molar refractivity (Wildman–Crippen MR) is 71.2 cm³/mol. The van der Waals surface area contributed by atoms with Crippen LogP contribution in [0, 0.1) is 5.41 Å². The second kappa shape index (κ2) is 5.06. The lowest BCUT2D eigenvalue weighted by Gasteiger charge is -2.18. The van der Waals surface area contributed by atoms with Gasteiger partial charge in [-0.1, -0.05) is 32.9 Å². The highest BCUT2D eigenvalue weighted by atomic mass is 32.2. The first-order chi connectivity index (χ1) is 7.72. The van der Waals surface area contributed by atoms with Gasteiger partial charge >= 0.3 is 0 Å². The Morgan fingerprint density at radius 2 is 1.71 bits per heavy atom. The molecule has 0 aliphatic heterocycles. The van der Waals surface area contributed by atoms with Gasteiger partial charge in [0.2, 0.25) is 10.0 Å². The lowest BCUT2D eigenvalue weighted by atomic mass is 10.0. The molecule has 0 amide bonds. The minimum atomic E-state index is -3.29. The summed E-state index contributed by atoms with van der Waals surface area (Å²) in [4.78, 5) is 0. The van der Waals surface area contributed by atoms with Crippen LogP contribution in [0.4, 0.5) is 5.69 Å². The van der Waals surface area contributed by atoms with Gasteiger partial charge in [-0.15, -0.1) is 0 Å². The molecule has 0 aromatic heterocycles. The van der Waals surface area contributed by atoms with Crippen LogP contribution in [0.15, 0.2) is 24.3 Å². The highest BCUT2D eigenvalue weighted by Crippen LogP contribution is 2.18. The Balaban J connectivity index is 2.76. The van der Waals surface area contributed by atoms with Crippen LogP contribution in [0.5, 0.6) is 0 Å². The molecule has 0 radical (unpaired) electrons. The molecule has 5 heteroatoms. The fourth-order valence-electron chi connectivity index (χ4n) is 1.49. The van der Waals surface area contributed by atoms with Crippen molar-refractivity contribution < 1.29 is 8.42 Å². The molecule has 0 saturated carbocycles. The maximum atomic E-state index is 11.8. The first-order valence-corrected chi connectivity index (χ1v) is 7.17. The maximum Gasteiger partial charge on any atom is 0.233 e. The van der Waals surface area contributed by atoms with Crippen LogP contribution in [0.2, 0.25) is 0 Å². The van der Waals surface area contributed by atoms with Crippen molar-refractivity contribution in [3.63, 3.8) is 0 Å². The average molecular weight is 256 g/mol. The van der Waals surface area contributed by atoms with Crippen molar-refractivity contribution in [2.24, 2.45) is 11.1 Å². The number of hydrogen-bond acceptors (Lipinski definition) is 3. The van der Waals surface area contributed by atoms with Crippen LogP contribution < -0.4 is 10.5 Å². The van der Waals surface area contributed by atoms with Crippen LogP contribution in [0.1, 0.15) is 26.3 Å². The van der Waals surface area contributed by atoms with E-state index in [2.05, 4.69) is 4.72 Å². The molecule has 0 aliphatic carbocycles. The zero-order valence-electron chi connectivity index (χ0n) is 10.5. The molecule has 0 heterocycles. The molecule has 96 valence electrons. The minimum Gasteiger partial charge on any atom is -0.326 e. The monoisotopic (exact) mass is 256 g/mol. The number of nitrogens with two attached hydrogens (primary N) is 1. The average Bonchev–Trinajstić information content (AvgIpc) is 2.14. The van der Waals surface area contributed by atoms with Gasteiger partial charge in [0, 0.05) is 12.2 Å². The standard InChI is InChI=1S/C12H20N2O2S/c1-12(2,3)9-17(15,16)14-11-6-4-10(8-13)5-7-11/h4-7,14H,8-9,13H2,1-3H3. The Hall–Kier alpha value is -1.07. The number of rotatable bonds is 4. The molecule has 0 unspecified atom stereocenters. The number of anilines is 1. The van der Waals surface area contributed by atoms with Gasteiger partial charge in [0.25, 0.3) is 0 Å². The van der Waals surface area contributed by atoms with E-state index < -0.39 is 10.0 Å². The van der Waals surface area contributed by atoms with Gasteiger partial charge in [0.1, 0.15) is 0 Å². The molecule has 1 aromatic rings. The Bertz CT molecular complexity index is 458. The Kier molecular flexibility index (Phi) is 4.16. The van der Waals surface area contributed by atoms with E-state index in [-0.39, 0.29) is 11.2 Å². The summed E-state index contributed by atoms with van der Waals surface area (Å²) in [5.74, 6) is 0.0959. The lowest BCUT2D eigenvalue weighted by molar-refractivity contribution is 0.463. The summed E-state index contributed by atoms with van der Waals surface area (Å²) in [5.41, 5.74) is 6.76.